The molecule has 0 unspecified atom stereocenters. The van der Waals surface area contributed by atoms with Gasteiger partial charge in [-0.2, -0.15) is 0 Å². The number of nitrogens with zero attached hydrogens (tertiary/aromatic N) is 1. The van der Waals surface area contributed by atoms with Crippen LogP contribution >= 0.6 is 23.2 Å². The Morgan fingerprint density at radius 3 is 2.79 bits per heavy atom. The molecule has 1 atom stereocenters. The van der Waals surface area contributed by atoms with Crippen molar-refractivity contribution < 1.29 is 14.7 Å². The Labute approximate surface area is 150 Å². The van der Waals surface area contributed by atoms with Gasteiger partial charge < -0.3 is 20.6 Å². The van der Waals surface area contributed by atoms with Gasteiger partial charge in [-0.15, -0.1) is 0 Å². The van der Waals surface area contributed by atoms with E-state index in [1.807, 2.05) is 0 Å². The topological polar surface area (TPSA) is 81.7 Å². The summed E-state index contributed by atoms with van der Waals surface area (Å²) in [6.45, 7) is 4.58. The highest BCUT2D eigenvalue weighted by Gasteiger charge is 2.23. The minimum absolute atomic E-state index is 0.0303. The fourth-order valence-corrected chi connectivity index (χ4v) is 2.88. The first-order valence-electron chi connectivity index (χ1n) is 7.53. The van der Waals surface area contributed by atoms with Gasteiger partial charge in [0.15, 0.2) is 0 Å². The van der Waals surface area contributed by atoms with E-state index in [0.717, 1.165) is 12.8 Å². The third-order valence-corrected chi connectivity index (χ3v) is 4.47. The third-order valence-electron chi connectivity index (χ3n) is 3.75. The zero-order valence-electron chi connectivity index (χ0n) is 13.0. The van der Waals surface area contributed by atoms with Crippen LogP contribution in [-0.2, 0) is 9.59 Å². The Morgan fingerprint density at radius 1 is 1.38 bits per heavy atom. The van der Waals surface area contributed by atoms with E-state index >= 15 is 0 Å². The van der Waals surface area contributed by atoms with Crippen molar-refractivity contribution in [1.29, 1.82) is 0 Å². The van der Waals surface area contributed by atoms with E-state index in [9.17, 15) is 14.7 Å². The molecule has 0 radical (unpaired) electrons. The molecule has 1 fully saturated rings. The number of rotatable bonds is 5. The van der Waals surface area contributed by atoms with Crippen molar-refractivity contribution in [3.8, 4) is 5.75 Å². The molecule has 0 aliphatic carbocycles. The Hall–Kier alpha value is -1.92. The van der Waals surface area contributed by atoms with Gasteiger partial charge >= 0.3 is 0 Å². The van der Waals surface area contributed by atoms with E-state index < -0.39 is 0 Å². The first-order chi connectivity index (χ1) is 11.4. The van der Waals surface area contributed by atoms with Gasteiger partial charge in [0, 0.05) is 25.2 Å². The van der Waals surface area contributed by atoms with Crippen molar-refractivity contribution >= 4 is 40.7 Å². The van der Waals surface area contributed by atoms with Gasteiger partial charge in [0.2, 0.25) is 11.8 Å². The molecule has 0 saturated carbocycles. The number of likely N-dealkylation sites (tertiary alicyclic amines) is 1. The molecular weight excluding hydrogens is 353 g/mol. The van der Waals surface area contributed by atoms with Crippen molar-refractivity contribution in [2.24, 2.45) is 0 Å². The average molecular weight is 372 g/mol. The van der Waals surface area contributed by atoms with Crippen LogP contribution in [0.2, 0.25) is 10.0 Å². The smallest absolute Gasteiger partial charge is 0.246 e. The van der Waals surface area contributed by atoms with Gasteiger partial charge in [0.05, 0.1) is 22.3 Å². The number of phenolic OH excluding ortho intramolecular Hbond substituents is 1. The third kappa shape index (κ3) is 4.79. The standard InChI is InChI=1S/C16H19Cl2N3O3/c1-2-16(24)21-5-3-4-10(9-21)20-15(23)8-19-13-6-11(17)12(18)7-14(13)22/h2,6-7,10,19,22H,1,3-5,8-9H2,(H,20,23)/t10-/m1/s1. The number of anilines is 1. The molecule has 0 aromatic heterocycles. The Bertz CT molecular complexity index is 652. The van der Waals surface area contributed by atoms with Gasteiger partial charge in [0.25, 0.3) is 0 Å². The highest BCUT2D eigenvalue weighted by molar-refractivity contribution is 6.42. The lowest BCUT2D eigenvalue weighted by atomic mass is 10.1. The quantitative estimate of drug-likeness (QED) is 0.548. The van der Waals surface area contributed by atoms with Gasteiger partial charge in [0.1, 0.15) is 5.75 Å². The summed E-state index contributed by atoms with van der Waals surface area (Å²) in [5.74, 6) is -0.455. The van der Waals surface area contributed by atoms with E-state index in [-0.39, 0.29) is 40.2 Å². The molecule has 1 aromatic rings. The number of hydrogen-bond donors (Lipinski definition) is 3. The highest BCUT2D eigenvalue weighted by atomic mass is 35.5. The minimum Gasteiger partial charge on any atom is -0.506 e. The second-order valence-electron chi connectivity index (χ2n) is 5.53. The van der Waals surface area contributed by atoms with Crippen LogP contribution in [0, 0.1) is 0 Å². The summed E-state index contributed by atoms with van der Waals surface area (Å²) < 4.78 is 0. The van der Waals surface area contributed by atoms with Gasteiger partial charge in [-0.3, -0.25) is 9.59 Å². The molecule has 1 saturated heterocycles. The van der Waals surface area contributed by atoms with E-state index in [1.54, 1.807) is 4.90 Å². The maximum absolute atomic E-state index is 12.1. The highest BCUT2D eigenvalue weighted by Crippen LogP contribution is 2.33. The fourth-order valence-electron chi connectivity index (χ4n) is 2.56. The number of hydrogen-bond acceptors (Lipinski definition) is 4. The molecular formula is C16H19Cl2N3O3. The van der Waals surface area contributed by atoms with Crippen LogP contribution in [0.4, 0.5) is 5.69 Å². The van der Waals surface area contributed by atoms with Crippen LogP contribution in [0.25, 0.3) is 0 Å². The minimum atomic E-state index is -0.238. The summed E-state index contributed by atoms with van der Waals surface area (Å²) in [7, 11) is 0. The van der Waals surface area contributed by atoms with E-state index in [1.165, 1.54) is 18.2 Å². The second-order valence-corrected chi connectivity index (χ2v) is 6.35. The molecule has 0 bridgehead atoms. The molecule has 0 spiro atoms. The second kappa shape index (κ2) is 8.26. The van der Waals surface area contributed by atoms with E-state index in [4.69, 9.17) is 23.2 Å². The molecule has 24 heavy (non-hydrogen) atoms. The molecule has 2 rings (SSSR count). The van der Waals surface area contributed by atoms with Crippen molar-refractivity contribution in [2.75, 3.05) is 25.0 Å². The van der Waals surface area contributed by atoms with Crippen LogP contribution in [0.5, 0.6) is 5.75 Å². The molecule has 8 heteroatoms. The van der Waals surface area contributed by atoms with Crippen LogP contribution in [0.15, 0.2) is 24.8 Å². The lowest BCUT2D eigenvalue weighted by molar-refractivity contribution is -0.128. The molecule has 6 nitrogen and oxygen atoms in total. The number of carbonyl (C=O) groups excluding carboxylic acids is 2. The predicted molar refractivity (Wildman–Crippen MR) is 94.6 cm³/mol. The summed E-state index contributed by atoms with van der Waals surface area (Å²) >= 11 is 11.7. The van der Waals surface area contributed by atoms with E-state index in [0.29, 0.717) is 18.8 Å². The SMILES string of the molecule is C=CC(=O)N1CCC[C@@H](NC(=O)CNc2cc(Cl)c(Cl)cc2O)C1. The Balaban J connectivity index is 1.86. The van der Waals surface area contributed by atoms with Gasteiger partial charge in [-0.05, 0) is 25.0 Å². The van der Waals surface area contributed by atoms with Crippen molar-refractivity contribution in [1.82, 2.24) is 10.2 Å². The molecule has 130 valence electrons. The van der Waals surface area contributed by atoms with E-state index in [2.05, 4.69) is 17.2 Å². The van der Waals surface area contributed by atoms with Crippen LogP contribution in [0.1, 0.15) is 12.8 Å². The number of benzene rings is 1. The van der Waals surface area contributed by atoms with Crippen molar-refractivity contribution in [3.05, 3.63) is 34.8 Å². The zero-order valence-corrected chi connectivity index (χ0v) is 14.5. The summed E-state index contributed by atoms with van der Waals surface area (Å²) in [6.07, 6.45) is 2.91. The Kier molecular flexibility index (Phi) is 6.34. The summed E-state index contributed by atoms with van der Waals surface area (Å²) in [5, 5.41) is 16.0. The molecule has 1 aliphatic heterocycles. The first kappa shape index (κ1) is 18.4. The number of halogens is 2. The average Bonchev–Trinajstić information content (AvgIpc) is 2.56. The fraction of sp³-hybridized carbons (Fsp3) is 0.375. The number of nitrogens with one attached hydrogen (secondary N) is 2. The number of phenols is 1. The van der Waals surface area contributed by atoms with Crippen molar-refractivity contribution in [3.63, 3.8) is 0 Å². The zero-order chi connectivity index (χ0) is 17.7. The predicted octanol–water partition coefficient (Wildman–Crippen LogP) is 2.40. The maximum Gasteiger partial charge on any atom is 0.246 e. The largest absolute Gasteiger partial charge is 0.506 e. The Morgan fingerprint density at radius 2 is 2.08 bits per heavy atom. The van der Waals surface area contributed by atoms with Gasteiger partial charge in [-0.25, -0.2) is 0 Å². The maximum atomic E-state index is 12.1. The molecule has 1 aromatic carbocycles. The lowest BCUT2D eigenvalue weighted by Crippen LogP contribution is -2.50. The molecule has 1 heterocycles. The normalized spacial score (nSPS) is 17.2. The van der Waals surface area contributed by atoms with Crippen LogP contribution < -0.4 is 10.6 Å². The first-order valence-corrected chi connectivity index (χ1v) is 8.29. The molecule has 1 aliphatic rings. The monoisotopic (exact) mass is 371 g/mol. The number of amides is 2. The van der Waals surface area contributed by atoms with Crippen molar-refractivity contribution in [2.45, 2.75) is 18.9 Å². The van der Waals surface area contributed by atoms with Gasteiger partial charge in [-0.1, -0.05) is 29.8 Å². The van der Waals surface area contributed by atoms with Crippen LogP contribution in [0.3, 0.4) is 0 Å². The molecule has 2 amide bonds. The molecule has 3 N–H and O–H groups in total. The lowest BCUT2D eigenvalue weighted by Gasteiger charge is -2.32. The summed E-state index contributed by atoms with van der Waals surface area (Å²) in [6, 6.07) is 2.67. The number of piperidine rings is 1. The number of carbonyl (C=O) groups is 2. The summed E-state index contributed by atoms with van der Waals surface area (Å²) in [5.41, 5.74) is 0.326. The van der Waals surface area contributed by atoms with Crippen LogP contribution in [-0.4, -0.2) is 47.5 Å². The summed E-state index contributed by atoms with van der Waals surface area (Å²) in [4.78, 5) is 25.4. The number of aromatic hydroxyl groups is 1.